The third kappa shape index (κ3) is 4.13. The molecular formula is C15H22N2O3. The van der Waals surface area contributed by atoms with Crippen molar-refractivity contribution in [2.75, 3.05) is 24.4 Å². The molecule has 0 aromatic heterocycles. The van der Waals surface area contributed by atoms with Crippen molar-refractivity contribution in [2.45, 2.75) is 38.3 Å². The number of benzene rings is 1. The van der Waals surface area contributed by atoms with E-state index in [9.17, 15) is 4.79 Å². The summed E-state index contributed by atoms with van der Waals surface area (Å²) < 4.78 is 10.3. The Morgan fingerprint density at radius 3 is 2.55 bits per heavy atom. The molecule has 110 valence electrons. The molecule has 2 rings (SSSR count). The normalized spacial score (nSPS) is 21.1. The number of amides is 1. The van der Waals surface area contributed by atoms with Crippen LogP contribution in [-0.4, -0.2) is 31.5 Å². The first-order valence-electron chi connectivity index (χ1n) is 6.84. The molecule has 1 saturated heterocycles. The van der Waals surface area contributed by atoms with Crippen LogP contribution in [0.5, 0.6) is 0 Å². The lowest BCUT2D eigenvalue weighted by molar-refractivity contribution is -0.0553. The number of rotatable bonds is 3. The molecule has 1 heterocycles. The van der Waals surface area contributed by atoms with Crippen molar-refractivity contribution in [2.24, 2.45) is 0 Å². The standard InChI is InChI=1S/C15H22N2O3/c1-15(2)10-13(8-9-20-15)16-11-4-6-12(7-5-11)17-14(18)19-3/h4-7,13,16H,8-10H2,1-3H3,(H,17,18). The van der Waals surface area contributed by atoms with Crippen molar-refractivity contribution < 1.29 is 14.3 Å². The Morgan fingerprint density at radius 1 is 1.30 bits per heavy atom. The Labute approximate surface area is 119 Å². The number of methoxy groups -OCH3 is 1. The molecule has 0 saturated carbocycles. The predicted octanol–water partition coefficient (Wildman–Crippen LogP) is 3.23. The lowest BCUT2D eigenvalue weighted by Crippen LogP contribution is -2.40. The van der Waals surface area contributed by atoms with Gasteiger partial charge in [-0.2, -0.15) is 0 Å². The van der Waals surface area contributed by atoms with Crippen LogP contribution < -0.4 is 10.6 Å². The van der Waals surface area contributed by atoms with Gasteiger partial charge in [-0.3, -0.25) is 5.32 Å². The lowest BCUT2D eigenvalue weighted by atomic mass is 9.94. The fourth-order valence-electron chi connectivity index (χ4n) is 2.41. The summed E-state index contributed by atoms with van der Waals surface area (Å²) in [6.07, 6.45) is 1.53. The van der Waals surface area contributed by atoms with Crippen molar-refractivity contribution >= 4 is 17.5 Å². The van der Waals surface area contributed by atoms with E-state index in [1.165, 1.54) is 7.11 Å². The van der Waals surface area contributed by atoms with Gasteiger partial charge in [0, 0.05) is 24.0 Å². The van der Waals surface area contributed by atoms with Gasteiger partial charge in [0.15, 0.2) is 0 Å². The summed E-state index contributed by atoms with van der Waals surface area (Å²) in [6, 6.07) is 8.02. The molecule has 0 aliphatic carbocycles. The molecule has 5 heteroatoms. The van der Waals surface area contributed by atoms with Crippen LogP contribution in [0, 0.1) is 0 Å². The first kappa shape index (κ1) is 14.7. The van der Waals surface area contributed by atoms with Gasteiger partial charge in [-0.25, -0.2) is 4.79 Å². The van der Waals surface area contributed by atoms with Crippen molar-refractivity contribution in [3.8, 4) is 0 Å². The molecule has 0 radical (unpaired) electrons. The highest BCUT2D eigenvalue weighted by molar-refractivity contribution is 5.84. The fraction of sp³-hybridized carbons (Fsp3) is 0.533. The van der Waals surface area contributed by atoms with Crippen molar-refractivity contribution in [3.05, 3.63) is 24.3 Å². The van der Waals surface area contributed by atoms with Crippen molar-refractivity contribution in [1.29, 1.82) is 0 Å². The Bertz CT molecular complexity index is 457. The summed E-state index contributed by atoms with van der Waals surface area (Å²) in [5.74, 6) is 0. The third-order valence-corrected chi connectivity index (χ3v) is 3.38. The summed E-state index contributed by atoms with van der Waals surface area (Å²) in [7, 11) is 1.35. The van der Waals surface area contributed by atoms with E-state index >= 15 is 0 Å². The molecule has 1 aromatic carbocycles. The van der Waals surface area contributed by atoms with E-state index in [0.717, 1.165) is 30.8 Å². The maximum atomic E-state index is 11.1. The Kier molecular flexibility index (Phi) is 4.49. The van der Waals surface area contributed by atoms with Gasteiger partial charge in [-0.05, 0) is 51.0 Å². The molecule has 1 unspecified atom stereocenters. The van der Waals surface area contributed by atoms with E-state index in [2.05, 4.69) is 29.2 Å². The zero-order chi connectivity index (χ0) is 14.6. The summed E-state index contributed by atoms with van der Waals surface area (Å²) in [4.78, 5) is 11.1. The molecule has 2 N–H and O–H groups in total. The van der Waals surface area contributed by atoms with Crippen molar-refractivity contribution in [3.63, 3.8) is 0 Å². The highest BCUT2D eigenvalue weighted by atomic mass is 16.5. The average molecular weight is 278 g/mol. The minimum Gasteiger partial charge on any atom is -0.453 e. The van der Waals surface area contributed by atoms with Crippen LogP contribution in [0.25, 0.3) is 0 Å². The predicted molar refractivity (Wildman–Crippen MR) is 79.1 cm³/mol. The number of anilines is 2. The average Bonchev–Trinajstić information content (AvgIpc) is 2.40. The number of ether oxygens (including phenoxy) is 2. The minimum absolute atomic E-state index is 0.0672. The lowest BCUT2D eigenvalue weighted by Gasteiger charge is -2.36. The summed E-state index contributed by atoms with van der Waals surface area (Å²) in [5, 5.41) is 6.13. The van der Waals surface area contributed by atoms with Gasteiger partial charge in [0.05, 0.1) is 12.7 Å². The third-order valence-electron chi connectivity index (χ3n) is 3.38. The summed E-state index contributed by atoms with van der Waals surface area (Å²) in [6.45, 7) is 5.01. The SMILES string of the molecule is COC(=O)Nc1ccc(NC2CCOC(C)(C)C2)cc1. The molecule has 1 fully saturated rings. The summed E-state index contributed by atoms with van der Waals surface area (Å²) >= 11 is 0. The quantitative estimate of drug-likeness (QED) is 0.891. The van der Waals surface area contributed by atoms with E-state index in [0.29, 0.717) is 6.04 Å². The number of hydrogen-bond donors (Lipinski definition) is 2. The molecule has 5 nitrogen and oxygen atoms in total. The van der Waals surface area contributed by atoms with E-state index in [1.807, 2.05) is 24.3 Å². The van der Waals surface area contributed by atoms with Gasteiger partial charge < -0.3 is 14.8 Å². The molecule has 1 atom stereocenters. The number of carbonyl (C=O) groups is 1. The topological polar surface area (TPSA) is 59.6 Å². The second kappa shape index (κ2) is 6.13. The maximum absolute atomic E-state index is 11.1. The molecule has 20 heavy (non-hydrogen) atoms. The Hall–Kier alpha value is -1.75. The molecule has 1 amide bonds. The Balaban J connectivity index is 1.92. The first-order valence-corrected chi connectivity index (χ1v) is 6.84. The van der Waals surface area contributed by atoms with Crippen LogP contribution >= 0.6 is 0 Å². The second-order valence-corrected chi connectivity index (χ2v) is 5.64. The van der Waals surface area contributed by atoms with Gasteiger partial charge >= 0.3 is 6.09 Å². The van der Waals surface area contributed by atoms with E-state index < -0.39 is 6.09 Å². The first-order chi connectivity index (χ1) is 9.48. The highest BCUT2D eigenvalue weighted by Crippen LogP contribution is 2.26. The van der Waals surface area contributed by atoms with Gasteiger partial charge in [-0.15, -0.1) is 0 Å². The second-order valence-electron chi connectivity index (χ2n) is 5.64. The van der Waals surface area contributed by atoms with Crippen LogP contribution in [0.3, 0.4) is 0 Å². The van der Waals surface area contributed by atoms with E-state index in [4.69, 9.17) is 4.74 Å². The fourth-order valence-corrected chi connectivity index (χ4v) is 2.41. The Morgan fingerprint density at radius 2 is 1.95 bits per heavy atom. The molecule has 0 bridgehead atoms. The zero-order valence-corrected chi connectivity index (χ0v) is 12.2. The maximum Gasteiger partial charge on any atom is 0.411 e. The number of hydrogen-bond acceptors (Lipinski definition) is 4. The van der Waals surface area contributed by atoms with E-state index in [-0.39, 0.29) is 5.60 Å². The zero-order valence-electron chi connectivity index (χ0n) is 12.2. The number of carbonyl (C=O) groups excluding carboxylic acids is 1. The molecule has 0 spiro atoms. The van der Waals surface area contributed by atoms with Crippen LogP contribution in [0.4, 0.5) is 16.2 Å². The smallest absolute Gasteiger partial charge is 0.411 e. The highest BCUT2D eigenvalue weighted by Gasteiger charge is 2.28. The molecule has 1 aromatic rings. The van der Waals surface area contributed by atoms with Gasteiger partial charge in [0.2, 0.25) is 0 Å². The molecular weight excluding hydrogens is 256 g/mol. The van der Waals surface area contributed by atoms with Crippen LogP contribution in [0.2, 0.25) is 0 Å². The monoisotopic (exact) mass is 278 g/mol. The van der Waals surface area contributed by atoms with Crippen LogP contribution in [0.1, 0.15) is 26.7 Å². The van der Waals surface area contributed by atoms with Crippen LogP contribution in [0.15, 0.2) is 24.3 Å². The largest absolute Gasteiger partial charge is 0.453 e. The molecule has 1 aliphatic rings. The molecule has 1 aliphatic heterocycles. The van der Waals surface area contributed by atoms with Gasteiger partial charge in [0.1, 0.15) is 0 Å². The van der Waals surface area contributed by atoms with Crippen molar-refractivity contribution in [1.82, 2.24) is 0 Å². The minimum atomic E-state index is -0.461. The van der Waals surface area contributed by atoms with E-state index in [1.54, 1.807) is 0 Å². The number of nitrogens with one attached hydrogen (secondary N) is 2. The van der Waals surface area contributed by atoms with Gasteiger partial charge in [-0.1, -0.05) is 0 Å². The van der Waals surface area contributed by atoms with Crippen LogP contribution in [-0.2, 0) is 9.47 Å². The summed E-state index contributed by atoms with van der Waals surface area (Å²) in [5.41, 5.74) is 1.69. The van der Waals surface area contributed by atoms with Gasteiger partial charge in [0.25, 0.3) is 0 Å².